The van der Waals surface area contributed by atoms with Crippen molar-refractivity contribution >= 4 is 23.5 Å². The average molecular weight is 174 g/mol. The summed E-state index contributed by atoms with van der Waals surface area (Å²) < 4.78 is 0. The molecule has 0 spiro atoms. The van der Waals surface area contributed by atoms with Gasteiger partial charge in [-0.15, -0.1) is 0 Å². The molecule has 0 aromatic heterocycles. The highest BCUT2D eigenvalue weighted by Crippen LogP contribution is 1.90. The van der Waals surface area contributed by atoms with Crippen molar-refractivity contribution in [3.05, 3.63) is 5.03 Å². The molecule has 0 amide bonds. The lowest BCUT2D eigenvalue weighted by molar-refractivity contribution is -0.137. The Balaban J connectivity index is 4.30. The van der Waals surface area contributed by atoms with Crippen molar-refractivity contribution in [3.8, 4) is 11.8 Å². The molecule has 0 aliphatic rings. The summed E-state index contributed by atoms with van der Waals surface area (Å²) in [4.78, 5) is 19.7. The number of carboxylic acids is 1. The summed E-state index contributed by atoms with van der Waals surface area (Å²) in [5, 5.41) is 7.80. The molecule has 3 N–H and O–H groups in total. The third-order valence-corrected chi connectivity index (χ3v) is 0.865. The summed E-state index contributed by atoms with van der Waals surface area (Å²) in [5.74, 6) is 4.04. The van der Waals surface area contributed by atoms with Crippen LogP contribution in [0.25, 0.3) is 0 Å². The number of aliphatic carboxylic acids is 1. The minimum absolute atomic E-state index is 0.387. The van der Waals surface area contributed by atoms with Gasteiger partial charge in [-0.25, -0.2) is 9.59 Å². The predicted octanol–water partition coefficient (Wildman–Crippen LogP) is -0.644. The van der Waals surface area contributed by atoms with Gasteiger partial charge in [0.05, 0.1) is 0 Å². The van der Waals surface area contributed by atoms with Crippen molar-refractivity contribution in [2.24, 2.45) is 5.73 Å². The van der Waals surface area contributed by atoms with Crippen LogP contribution in [-0.4, -0.2) is 23.1 Å². The quantitative estimate of drug-likeness (QED) is 0.408. The zero-order valence-corrected chi connectivity index (χ0v) is 6.05. The topological polar surface area (TPSA) is 80.4 Å². The van der Waals surface area contributed by atoms with Crippen LogP contribution >= 0.6 is 11.6 Å². The molecule has 4 nitrogen and oxygen atoms in total. The van der Waals surface area contributed by atoms with Crippen molar-refractivity contribution < 1.29 is 14.7 Å². The number of hydrogen-bond acceptors (Lipinski definition) is 3. The van der Waals surface area contributed by atoms with Gasteiger partial charge in [-0.3, -0.25) is 0 Å². The first kappa shape index (κ1) is 9.73. The van der Waals surface area contributed by atoms with Crippen LogP contribution in [0.5, 0.6) is 0 Å². The van der Waals surface area contributed by atoms with Crippen LogP contribution in [0.15, 0.2) is 5.03 Å². The number of carbonyl (C=O) groups excluding carboxylic acids is 1. The highest BCUT2D eigenvalue weighted by molar-refractivity contribution is 6.35. The minimum Gasteiger partial charge on any atom is -0.479 e. The van der Waals surface area contributed by atoms with Gasteiger partial charge in [-0.05, 0) is 5.92 Å². The van der Waals surface area contributed by atoms with Gasteiger partial charge in [0, 0.05) is 0 Å². The molecule has 0 aromatic rings. The Morgan fingerprint density at radius 1 is 1.64 bits per heavy atom. The molecule has 0 aliphatic carbocycles. The molecule has 0 aliphatic heterocycles. The lowest BCUT2D eigenvalue weighted by Crippen LogP contribution is -2.27. The summed E-state index contributed by atoms with van der Waals surface area (Å²) in [6.45, 7) is 0. The smallest absolute Gasteiger partial charge is 0.333 e. The van der Waals surface area contributed by atoms with E-state index in [0.29, 0.717) is 0 Å². The first-order chi connectivity index (χ1) is 5.07. The first-order valence-corrected chi connectivity index (χ1v) is 2.86. The average Bonchev–Trinajstić information content (AvgIpc) is 1.99. The van der Waals surface area contributed by atoms with Crippen molar-refractivity contribution in [3.63, 3.8) is 0 Å². The highest BCUT2D eigenvalue weighted by Gasteiger charge is 2.05. The number of allylic oxidation sites excluding steroid dienone is 1. The highest BCUT2D eigenvalue weighted by atomic mass is 35.5. The first-order valence-electron chi connectivity index (χ1n) is 2.48. The number of nitrogens with two attached hydrogens (primary N) is 1. The molecule has 58 valence electrons. The lowest BCUT2D eigenvalue weighted by Gasteiger charge is -1.91. The Morgan fingerprint density at radius 2 is 2.18 bits per heavy atom. The molecule has 1 unspecified atom stereocenters. The van der Waals surface area contributed by atoms with E-state index < -0.39 is 12.0 Å². The predicted molar refractivity (Wildman–Crippen MR) is 38.4 cm³/mol. The molecular formula is C6H4ClNO3. The number of halogens is 1. The minimum atomic E-state index is -1.32. The van der Waals surface area contributed by atoms with E-state index in [1.54, 1.807) is 0 Å². The van der Waals surface area contributed by atoms with Crippen molar-refractivity contribution in [1.82, 2.24) is 0 Å². The van der Waals surface area contributed by atoms with Crippen LogP contribution in [0.4, 0.5) is 0 Å². The SMILES string of the molecule is NC(C#CC(Cl)=C=O)C(=O)O. The molecule has 0 bridgehead atoms. The summed E-state index contributed by atoms with van der Waals surface area (Å²) >= 11 is 5.08. The second-order valence-corrected chi connectivity index (χ2v) is 1.88. The number of carbonyl (C=O) groups is 1. The van der Waals surface area contributed by atoms with E-state index in [9.17, 15) is 9.59 Å². The molecule has 0 saturated carbocycles. The molecule has 0 rings (SSSR count). The van der Waals surface area contributed by atoms with Crippen LogP contribution in [0.3, 0.4) is 0 Å². The van der Waals surface area contributed by atoms with Crippen molar-refractivity contribution in [1.29, 1.82) is 0 Å². The van der Waals surface area contributed by atoms with Gasteiger partial charge in [0.25, 0.3) is 0 Å². The summed E-state index contributed by atoms with van der Waals surface area (Å²) in [6, 6.07) is -1.32. The van der Waals surface area contributed by atoms with E-state index in [0.717, 1.165) is 0 Å². The monoisotopic (exact) mass is 173 g/mol. The maximum absolute atomic E-state index is 10.0. The molecule has 1 atom stereocenters. The zero-order valence-electron chi connectivity index (χ0n) is 5.30. The van der Waals surface area contributed by atoms with E-state index >= 15 is 0 Å². The fourth-order valence-electron chi connectivity index (χ4n) is 0.228. The molecule has 0 radical (unpaired) electrons. The van der Waals surface area contributed by atoms with Gasteiger partial charge in [-0.2, -0.15) is 0 Å². The third-order valence-electron chi connectivity index (χ3n) is 0.693. The lowest BCUT2D eigenvalue weighted by atomic mass is 10.3. The van der Waals surface area contributed by atoms with Crippen molar-refractivity contribution in [2.75, 3.05) is 0 Å². The number of carboxylic acid groups (broad SMARTS) is 1. The molecule has 5 heteroatoms. The van der Waals surface area contributed by atoms with Gasteiger partial charge in [0.1, 0.15) is 0 Å². The largest absolute Gasteiger partial charge is 0.479 e. The van der Waals surface area contributed by atoms with E-state index in [1.165, 1.54) is 5.94 Å². The standard InChI is InChI=1S/C6H4ClNO3/c7-4(3-9)1-2-5(8)6(10)11/h5H,8H2,(H,10,11). The summed E-state index contributed by atoms with van der Waals surface area (Å²) in [6.07, 6.45) is 0. The Hall–Kier alpha value is -1.27. The van der Waals surface area contributed by atoms with Gasteiger partial charge < -0.3 is 10.8 Å². The van der Waals surface area contributed by atoms with Gasteiger partial charge in [0.2, 0.25) is 0 Å². The summed E-state index contributed by atoms with van der Waals surface area (Å²) in [7, 11) is 0. The van der Waals surface area contributed by atoms with Crippen LogP contribution in [0.2, 0.25) is 0 Å². The second-order valence-electron chi connectivity index (χ2n) is 1.50. The van der Waals surface area contributed by atoms with Crippen LogP contribution < -0.4 is 5.73 Å². The Morgan fingerprint density at radius 3 is 2.55 bits per heavy atom. The van der Waals surface area contributed by atoms with Crippen LogP contribution in [-0.2, 0) is 9.59 Å². The molecular weight excluding hydrogens is 170 g/mol. The number of rotatable bonds is 1. The fraction of sp³-hybridized carbons (Fsp3) is 0.167. The van der Waals surface area contributed by atoms with E-state index in [4.69, 9.17) is 22.4 Å². The van der Waals surface area contributed by atoms with Gasteiger partial charge in [0.15, 0.2) is 17.0 Å². The van der Waals surface area contributed by atoms with Crippen LogP contribution in [0.1, 0.15) is 0 Å². The maximum atomic E-state index is 10.0. The fourth-order valence-corrected chi connectivity index (χ4v) is 0.283. The van der Waals surface area contributed by atoms with Crippen LogP contribution in [0, 0.1) is 11.8 Å². The van der Waals surface area contributed by atoms with E-state index in [2.05, 4.69) is 0 Å². The summed E-state index contributed by atoms with van der Waals surface area (Å²) in [5.41, 5.74) is 4.94. The third kappa shape index (κ3) is 4.18. The van der Waals surface area contributed by atoms with E-state index in [1.807, 2.05) is 11.8 Å². The maximum Gasteiger partial charge on any atom is 0.333 e. The molecule has 0 aromatic carbocycles. The number of hydrogen-bond donors (Lipinski definition) is 2. The van der Waals surface area contributed by atoms with E-state index in [-0.39, 0.29) is 5.03 Å². The van der Waals surface area contributed by atoms with Gasteiger partial charge in [-0.1, -0.05) is 17.5 Å². The Kier molecular flexibility index (Phi) is 4.01. The van der Waals surface area contributed by atoms with Gasteiger partial charge >= 0.3 is 5.97 Å². The Bertz CT molecular complexity index is 269. The molecule has 0 saturated heterocycles. The molecule has 0 heterocycles. The normalized spacial score (nSPS) is 10.4. The molecule has 0 fully saturated rings. The Labute approximate surface area is 67.6 Å². The second kappa shape index (κ2) is 4.53. The van der Waals surface area contributed by atoms with Crippen molar-refractivity contribution in [2.45, 2.75) is 6.04 Å². The molecule has 11 heavy (non-hydrogen) atoms. The zero-order chi connectivity index (χ0) is 8.85.